The fraction of sp³-hybridized carbons (Fsp3) is 0.552. The summed E-state index contributed by atoms with van der Waals surface area (Å²) in [6.45, 7) is 8.88. The number of hydrogen-bond acceptors (Lipinski definition) is 6. The van der Waals surface area contributed by atoms with Crippen molar-refractivity contribution in [3.05, 3.63) is 53.7 Å². The van der Waals surface area contributed by atoms with Gasteiger partial charge in [-0.2, -0.15) is 0 Å². The summed E-state index contributed by atoms with van der Waals surface area (Å²) < 4.78 is 5.88. The van der Waals surface area contributed by atoms with Crippen LogP contribution in [-0.4, -0.2) is 65.7 Å². The van der Waals surface area contributed by atoms with E-state index < -0.39 is 17.4 Å². The third-order valence-corrected chi connectivity index (χ3v) is 6.55. The van der Waals surface area contributed by atoms with E-state index in [-0.39, 0.29) is 5.91 Å². The van der Waals surface area contributed by atoms with Crippen molar-refractivity contribution in [2.24, 2.45) is 5.41 Å². The van der Waals surface area contributed by atoms with Gasteiger partial charge >= 0.3 is 5.97 Å². The number of carbonyl (C=O) groups excluding carboxylic acids is 1. The van der Waals surface area contributed by atoms with Crippen molar-refractivity contribution < 1.29 is 19.4 Å². The van der Waals surface area contributed by atoms with Crippen LogP contribution in [0.4, 0.5) is 5.82 Å². The van der Waals surface area contributed by atoms with E-state index in [0.717, 1.165) is 62.5 Å². The van der Waals surface area contributed by atoms with Gasteiger partial charge in [0.05, 0.1) is 0 Å². The fourth-order valence-corrected chi connectivity index (χ4v) is 4.24. The standard InChI is InChI=1S/C29H42N4O4/c1-29(2,3)28(36)32-25(27(34)35)16-19-33(20-21-37-24-12-5-4-6-13-24)18-8-7-11-23-15-14-22-10-9-17-30-26(22)31-23/h4-6,12-15,25H,7-11,16-21H2,1-3H3,(H,30,31)(H,32,36)(H,34,35). The summed E-state index contributed by atoms with van der Waals surface area (Å²) in [6, 6.07) is 13.1. The first kappa shape index (κ1) is 28.4. The van der Waals surface area contributed by atoms with Crippen LogP contribution in [0, 0.1) is 5.41 Å². The maximum Gasteiger partial charge on any atom is 0.326 e. The molecule has 1 aromatic carbocycles. The van der Waals surface area contributed by atoms with Gasteiger partial charge in [-0.3, -0.25) is 9.69 Å². The molecule has 1 unspecified atom stereocenters. The summed E-state index contributed by atoms with van der Waals surface area (Å²) in [4.78, 5) is 31.2. The van der Waals surface area contributed by atoms with Gasteiger partial charge in [-0.25, -0.2) is 9.78 Å². The third-order valence-electron chi connectivity index (χ3n) is 6.55. The van der Waals surface area contributed by atoms with E-state index in [1.165, 1.54) is 5.56 Å². The average Bonchev–Trinajstić information content (AvgIpc) is 2.88. The number of carboxylic acids is 1. The highest BCUT2D eigenvalue weighted by Crippen LogP contribution is 2.20. The maximum atomic E-state index is 12.4. The second-order valence-electron chi connectivity index (χ2n) is 10.7. The molecule has 1 atom stereocenters. The minimum absolute atomic E-state index is 0.258. The van der Waals surface area contributed by atoms with Crippen LogP contribution in [-0.2, 0) is 22.4 Å². The largest absolute Gasteiger partial charge is 0.492 e. The first-order valence-corrected chi connectivity index (χ1v) is 13.4. The van der Waals surface area contributed by atoms with Crippen molar-refractivity contribution in [1.29, 1.82) is 0 Å². The highest BCUT2D eigenvalue weighted by molar-refractivity contribution is 5.86. The molecule has 0 saturated heterocycles. The molecule has 2 heterocycles. The molecule has 8 nitrogen and oxygen atoms in total. The number of para-hydroxylation sites is 1. The number of carbonyl (C=O) groups is 2. The Kier molecular flexibility index (Phi) is 10.7. The van der Waals surface area contributed by atoms with Crippen LogP contribution < -0.4 is 15.4 Å². The van der Waals surface area contributed by atoms with Gasteiger partial charge in [0.15, 0.2) is 0 Å². The average molecular weight is 511 g/mol. The topological polar surface area (TPSA) is 104 Å². The van der Waals surface area contributed by atoms with Crippen molar-refractivity contribution >= 4 is 17.7 Å². The Hall–Kier alpha value is -3.13. The maximum absolute atomic E-state index is 12.4. The number of nitrogens with zero attached hydrogens (tertiary/aromatic N) is 2. The van der Waals surface area contributed by atoms with Gasteiger partial charge in [0.2, 0.25) is 5.91 Å². The third kappa shape index (κ3) is 9.69. The highest BCUT2D eigenvalue weighted by Gasteiger charge is 2.27. The Balaban J connectivity index is 1.52. The molecule has 202 valence electrons. The smallest absolute Gasteiger partial charge is 0.326 e. The monoisotopic (exact) mass is 510 g/mol. The van der Waals surface area contributed by atoms with Crippen molar-refractivity contribution in [3.8, 4) is 5.75 Å². The minimum atomic E-state index is -1.01. The van der Waals surface area contributed by atoms with Crippen LogP contribution in [0.2, 0.25) is 0 Å². The number of anilines is 1. The first-order valence-electron chi connectivity index (χ1n) is 13.4. The zero-order valence-electron chi connectivity index (χ0n) is 22.5. The number of aromatic nitrogens is 1. The second-order valence-corrected chi connectivity index (χ2v) is 10.7. The molecule has 0 spiro atoms. The molecule has 1 aliphatic heterocycles. The molecule has 1 amide bonds. The van der Waals surface area contributed by atoms with Crippen molar-refractivity contribution in [2.45, 2.75) is 65.3 Å². The summed E-state index contributed by atoms with van der Waals surface area (Å²) >= 11 is 0. The Bertz CT molecular complexity index is 1010. The predicted molar refractivity (Wildman–Crippen MR) is 146 cm³/mol. The van der Waals surface area contributed by atoms with Crippen LogP contribution in [0.15, 0.2) is 42.5 Å². The van der Waals surface area contributed by atoms with E-state index in [9.17, 15) is 14.7 Å². The van der Waals surface area contributed by atoms with E-state index in [1.54, 1.807) is 20.8 Å². The number of aryl methyl sites for hydroxylation is 2. The summed E-state index contributed by atoms with van der Waals surface area (Å²) in [6.07, 6.45) is 5.43. The lowest BCUT2D eigenvalue weighted by Crippen LogP contribution is -2.47. The molecule has 0 fully saturated rings. The lowest BCUT2D eigenvalue weighted by Gasteiger charge is -2.26. The molecule has 0 saturated carbocycles. The lowest BCUT2D eigenvalue weighted by atomic mass is 9.95. The van der Waals surface area contributed by atoms with Crippen molar-refractivity contribution in [1.82, 2.24) is 15.2 Å². The van der Waals surface area contributed by atoms with E-state index in [2.05, 4.69) is 27.7 Å². The first-order chi connectivity index (χ1) is 17.7. The second kappa shape index (κ2) is 14.0. The Labute approximate surface area is 220 Å². The number of pyridine rings is 1. The molecule has 0 radical (unpaired) electrons. The number of carboxylic acid groups (broad SMARTS) is 1. The highest BCUT2D eigenvalue weighted by atomic mass is 16.5. The molecule has 3 rings (SSSR count). The molecule has 0 bridgehead atoms. The van der Waals surface area contributed by atoms with Crippen LogP contribution in [0.1, 0.15) is 57.7 Å². The number of benzene rings is 1. The number of nitrogens with one attached hydrogen (secondary N) is 2. The minimum Gasteiger partial charge on any atom is -0.492 e. The predicted octanol–water partition coefficient (Wildman–Crippen LogP) is 4.15. The number of ether oxygens (including phenoxy) is 1. The van der Waals surface area contributed by atoms with Gasteiger partial charge in [-0.1, -0.05) is 45.0 Å². The summed E-state index contributed by atoms with van der Waals surface area (Å²) in [5, 5.41) is 15.8. The quantitative estimate of drug-likeness (QED) is 0.328. The van der Waals surface area contributed by atoms with E-state index in [1.807, 2.05) is 30.3 Å². The molecular formula is C29H42N4O4. The Morgan fingerprint density at radius 3 is 2.62 bits per heavy atom. The molecule has 37 heavy (non-hydrogen) atoms. The zero-order chi connectivity index (χ0) is 26.7. The van der Waals surface area contributed by atoms with Gasteiger partial charge in [0.25, 0.3) is 0 Å². The summed E-state index contributed by atoms with van der Waals surface area (Å²) in [5.74, 6) is 0.576. The SMILES string of the molecule is CC(C)(C)C(=O)NC(CCN(CCCCc1ccc2c(n1)NCCC2)CCOc1ccccc1)C(=O)O. The number of aliphatic carboxylic acids is 1. The van der Waals surface area contributed by atoms with Crippen LogP contribution in [0.5, 0.6) is 5.75 Å². The fourth-order valence-electron chi connectivity index (χ4n) is 4.24. The van der Waals surface area contributed by atoms with Gasteiger partial charge in [-0.05, 0) is 68.8 Å². The molecule has 3 N–H and O–H groups in total. The molecule has 0 aliphatic carbocycles. The van der Waals surface area contributed by atoms with Crippen molar-refractivity contribution in [2.75, 3.05) is 38.1 Å². The summed E-state index contributed by atoms with van der Waals surface area (Å²) in [7, 11) is 0. The number of fused-ring (bicyclic) bond motifs is 1. The Morgan fingerprint density at radius 2 is 1.89 bits per heavy atom. The molecule has 1 aliphatic rings. The van der Waals surface area contributed by atoms with E-state index >= 15 is 0 Å². The van der Waals surface area contributed by atoms with E-state index in [4.69, 9.17) is 9.72 Å². The normalized spacial score (nSPS) is 13.9. The number of amides is 1. The van der Waals surface area contributed by atoms with Gasteiger partial charge in [0.1, 0.15) is 24.2 Å². The van der Waals surface area contributed by atoms with Crippen LogP contribution in [0.3, 0.4) is 0 Å². The molecular weight excluding hydrogens is 468 g/mol. The van der Waals surface area contributed by atoms with Gasteiger partial charge in [0, 0.05) is 30.7 Å². The van der Waals surface area contributed by atoms with Gasteiger partial charge in [-0.15, -0.1) is 0 Å². The number of rotatable bonds is 14. The molecule has 2 aromatic rings. The van der Waals surface area contributed by atoms with Crippen molar-refractivity contribution in [3.63, 3.8) is 0 Å². The van der Waals surface area contributed by atoms with Crippen LogP contribution in [0.25, 0.3) is 0 Å². The summed E-state index contributed by atoms with van der Waals surface area (Å²) in [5.41, 5.74) is 1.76. The lowest BCUT2D eigenvalue weighted by molar-refractivity contribution is -0.143. The number of unbranched alkanes of at least 4 members (excludes halogenated alkanes) is 1. The molecule has 8 heteroatoms. The molecule has 1 aromatic heterocycles. The number of hydrogen-bond donors (Lipinski definition) is 3. The van der Waals surface area contributed by atoms with Gasteiger partial charge < -0.3 is 20.5 Å². The van der Waals surface area contributed by atoms with Crippen LogP contribution >= 0.6 is 0 Å². The zero-order valence-corrected chi connectivity index (χ0v) is 22.5. The van der Waals surface area contributed by atoms with E-state index in [0.29, 0.717) is 26.1 Å². The Morgan fingerprint density at radius 1 is 1.11 bits per heavy atom.